The smallest absolute Gasteiger partial charge is 0.252 e. The molecule has 1 aliphatic carbocycles. The molecule has 3 aromatic rings. The van der Waals surface area contributed by atoms with Crippen LogP contribution in [0, 0.1) is 17.3 Å². The Labute approximate surface area is 163 Å². The van der Waals surface area contributed by atoms with Crippen LogP contribution in [-0.2, 0) is 0 Å². The zero-order valence-electron chi connectivity index (χ0n) is 16.2. The average Bonchev–Trinajstić information content (AvgIpc) is 3.18. The van der Waals surface area contributed by atoms with E-state index < -0.39 is 11.9 Å². The molecule has 6 nitrogen and oxygen atoms in total. The van der Waals surface area contributed by atoms with Gasteiger partial charge in [-0.15, -0.1) is 0 Å². The van der Waals surface area contributed by atoms with Gasteiger partial charge in [0.2, 0.25) is 5.95 Å². The topological polar surface area (TPSA) is 85.3 Å². The van der Waals surface area contributed by atoms with E-state index in [2.05, 4.69) is 36.2 Å². The zero-order valence-corrected chi connectivity index (χ0v) is 16.2. The van der Waals surface area contributed by atoms with E-state index in [0.29, 0.717) is 33.8 Å². The van der Waals surface area contributed by atoms with Crippen LogP contribution in [0.5, 0.6) is 0 Å². The van der Waals surface area contributed by atoms with Crippen LogP contribution in [0.4, 0.5) is 10.1 Å². The number of carbonyl (C=O) groups excluding carboxylic acids is 1. The van der Waals surface area contributed by atoms with Gasteiger partial charge in [-0.05, 0) is 42.4 Å². The van der Waals surface area contributed by atoms with E-state index in [9.17, 15) is 9.18 Å². The van der Waals surface area contributed by atoms with Crippen LogP contribution in [-0.4, -0.2) is 26.5 Å². The molecule has 3 aromatic heterocycles. The second-order valence-corrected chi connectivity index (χ2v) is 8.19. The molecule has 0 saturated heterocycles. The fourth-order valence-electron chi connectivity index (χ4n) is 4.08. The van der Waals surface area contributed by atoms with Gasteiger partial charge in [-0.2, -0.15) is 9.49 Å². The number of hydrogen-bond acceptors (Lipinski definition) is 4. The summed E-state index contributed by atoms with van der Waals surface area (Å²) < 4.78 is 15.8. The minimum Gasteiger partial charge on any atom is -0.379 e. The lowest BCUT2D eigenvalue weighted by Gasteiger charge is -2.33. The van der Waals surface area contributed by atoms with Gasteiger partial charge in [0.05, 0.1) is 23.0 Å². The SMILES string of the molecule is CC1CC[C@@H](Nc2c(C(N)=O)cnn3cc(-c4cccnc4F)cc23)C1(C)C. The Balaban J connectivity index is 1.84. The summed E-state index contributed by atoms with van der Waals surface area (Å²) in [6.45, 7) is 6.72. The fourth-order valence-corrected chi connectivity index (χ4v) is 4.08. The summed E-state index contributed by atoms with van der Waals surface area (Å²) in [5, 5.41) is 7.86. The number of primary amides is 1. The maximum atomic E-state index is 14.2. The first kappa shape index (κ1) is 18.4. The first-order valence-electron chi connectivity index (χ1n) is 9.47. The van der Waals surface area contributed by atoms with Crippen LogP contribution < -0.4 is 11.1 Å². The van der Waals surface area contributed by atoms with Crippen molar-refractivity contribution in [1.29, 1.82) is 0 Å². The monoisotopic (exact) mass is 381 g/mol. The van der Waals surface area contributed by atoms with Gasteiger partial charge >= 0.3 is 0 Å². The van der Waals surface area contributed by atoms with Gasteiger partial charge in [0.25, 0.3) is 5.91 Å². The highest BCUT2D eigenvalue weighted by Gasteiger charge is 2.41. The fraction of sp³-hybridized carbons (Fsp3) is 0.381. The summed E-state index contributed by atoms with van der Waals surface area (Å²) >= 11 is 0. The number of nitrogens with two attached hydrogens (primary N) is 1. The second kappa shape index (κ2) is 6.58. The molecule has 1 saturated carbocycles. The van der Waals surface area contributed by atoms with Gasteiger partial charge in [0.1, 0.15) is 0 Å². The summed E-state index contributed by atoms with van der Waals surface area (Å²) in [6, 6.07) is 5.36. The lowest BCUT2D eigenvalue weighted by atomic mass is 9.80. The van der Waals surface area contributed by atoms with Gasteiger partial charge in [-0.3, -0.25) is 4.79 Å². The van der Waals surface area contributed by atoms with Crippen molar-refractivity contribution in [3.05, 3.63) is 48.3 Å². The lowest BCUT2D eigenvalue weighted by molar-refractivity contribution is 0.100. The molecule has 3 heterocycles. The highest BCUT2D eigenvalue weighted by atomic mass is 19.1. The van der Waals surface area contributed by atoms with E-state index in [4.69, 9.17) is 5.73 Å². The van der Waals surface area contributed by atoms with Crippen molar-refractivity contribution in [2.45, 2.75) is 39.7 Å². The highest BCUT2D eigenvalue weighted by molar-refractivity contribution is 6.02. The van der Waals surface area contributed by atoms with Gasteiger partial charge in [-0.25, -0.2) is 9.50 Å². The molecule has 146 valence electrons. The van der Waals surface area contributed by atoms with E-state index in [1.807, 2.05) is 6.07 Å². The molecule has 0 radical (unpaired) electrons. The molecule has 1 aliphatic rings. The number of nitrogens with zero attached hydrogens (tertiary/aromatic N) is 3. The Hall–Kier alpha value is -2.96. The summed E-state index contributed by atoms with van der Waals surface area (Å²) in [7, 11) is 0. The molecular weight excluding hydrogens is 357 g/mol. The van der Waals surface area contributed by atoms with Gasteiger partial charge in [0, 0.05) is 29.6 Å². The Morgan fingerprint density at radius 3 is 2.82 bits per heavy atom. The number of carbonyl (C=O) groups is 1. The van der Waals surface area contributed by atoms with Crippen LogP contribution in [0.3, 0.4) is 0 Å². The van der Waals surface area contributed by atoms with E-state index in [-0.39, 0.29) is 11.5 Å². The third-order valence-corrected chi connectivity index (χ3v) is 6.35. The second-order valence-electron chi connectivity index (χ2n) is 8.19. The summed E-state index contributed by atoms with van der Waals surface area (Å²) in [5.74, 6) is -0.530. The third-order valence-electron chi connectivity index (χ3n) is 6.35. The molecule has 4 rings (SSSR count). The van der Waals surface area contributed by atoms with Crippen LogP contribution in [0.15, 0.2) is 36.8 Å². The first-order valence-corrected chi connectivity index (χ1v) is 9.47. The molecule has 0 aromatic carbocycles. The van der Waals surface area contributed by atoms with Crippen molar-refractivity contribution >= 4 is 17.1 Å². The van der Waals surface area contributed by atoms with Gasteiger partial charge < -0.3 is 11.1 Å². The number of hydrogen-bond donors (Lipinski definition) is 2. The Morgan fingerprint density at radius 2 is 2.18 bits per heavy atom. The minimum absolute atomic E-state index is 0.0695. The first-order chi connectivity index (χ1) is 13.3. The number of halogens is 1. The normalized spacial score (nSPS) is 21.1. The maximum absolute atomic E-state index is 14.2. The van der Waals surface area contributed by atoms with Crippen molar-refractivity contribution in [2.24, 2.45) is 17.1 Å². The summed E-state index contributed by atoms with van der Waals surface area (Å²) in [5.41, 5.74) is 8.37. The number of fused-ring (bicyclic) bond motifs is 1. The number of amides is 1. The molecule has 1 fully saturated rings. The van der Waals surface area contributed by atoms with E-state index in [1.165, 1.54) is 12.4 Å². The highest BCUT2D eigenvalue weighted by Crippen LogP contribution is 2.44. The van der Waals surface area contributed by atoms with Gasteiger partial charge in [-0.1, -0.05) is 20.8 Å². The van der Waals surface area contributed by atoms with Gasteiger partial charge in [0.15, 0.2) is 0 Å². The molecule has 28 heavy (non-hydrogen) atoms. The number of pyridine rings is 1. The van der Waals surface area contributed by atoms with E-state index in [0.717, 1.165) is 12.8 Å². The molecule has 1 unspecified atom stereocenters. The molecule has 0 bridgehead atoms. The number of rotatable bonds is 4. The molecular formula is C21H24FN5O. The Bertz CT molecular complexity index is 1060. The molecule has 2 atom stereocenters. The summed E-state index contributed by atoms with van der Waals surface area (Å²) in [4.78, 5) is 15.8. The van der Waals surface area contributed by atoms with Crippen molar-refractivity contribution < 1.29 is 9.18 Å². The Kier molecular flexibility index (Phi) is 4.33. The van der Waals surface area contributed by atoms with Crippen molar-refractivity contribution in [3.8, 4) is 11.1 Å². The van der Waals surface area contributed by atoms with Crippen LogP contribution in [0.2, 0.25) is 0 Å². The predicted molar refractivity (Wildman–Crippen MR) is 106 cm³/mol. The van der Waals surface area contributed by atoms with Crippen molar-refractivity contribution in [3.63, 3.8) is 0 Å². The number of aromatic nitrogens is 3. The average molecular weight is 381 g/mol. The predicted octanol–water partition coefficient (Wildman–Crippen LogP) is 3.87. The van der Waals surface area contributed by atoms with Crippen LogP contribution in [0.1, 0.15) is 44.0 Å². The third kappa shape index (κ3) is 2.91. The maximum Gasteiger partial charge on any atom is 0.252 e. The lowest BCUT2D eigenvalue weighted by Crippen LogP contribution is -2.35. The van der Waals surface area contributed by atoms with E-state index in [1.54, 1.807) is 22.8 Å². The molecule has 7 heteroatoms. The van der Waals surface area contributed by atoms with Crippen molar-refractivity contribution in [1.82, 2.24) is 14.6 Å². The number of anilines is 1. The van der Waals surface area contributed by atoms with Crippen LogP contribution >= 0.6 is 0 Å². The quantitative estimate of drug-likeness (QED) is 0.672. The van der Waals surface area contributed by atoms with Crippen LogP contribution in [0.25, 0.3) is 16.6 Å². The van der Waals surface area contributed by atoms with E-state index >= 15 is 0 Å². The Morgan fingerprint density at radius 1 is 1.39 bits per heavy atom. The molecule has 0 aliphatic heterocycles. The summed E-state index contributed by atoms with van der Waals surface area (Å²) in [6.07, 6.45) is 6.73. The minimum atomic E-state index is -0.547. The number of nitrogens with one attached hydrogen (secondary N) is 1. The standard InChI is InChI=1S/C21H24FN5O/c1-12-6-7-17(21(12,2)3)26-18-15(20(23)28)10-25-27-11-13(9-16(18)27)14-5-4-8-24-19(14)22/h4-5,8-12,17,26H,6-7H2,1-3H3,(H2,23,28)/t12?,17-/m1/s1. The molecule has 1 amide bonds. The molecule has 3 N–H and O–H groups in total. The van der Waals surface area contributed by atoms with Crippen molar-refractivity contribution in [2.75, 3.05) is 5.32 Å². The largest absolute Gasteiger partial charge is 0.379 e. The zero-order chi connectivity index (χ0) is 20.1. The molecule has 0 spiro atoms.